The minimum Gasteiger partial charge on any atom is -0.369 e. The molecule has 0 aromatic heterocycles. The predicted octanol–water partition coefficient (Wildman–Crippen LogP) is 2.61. The van der Waals surface area contributed by atoms with Crippen molar-refractivity contribution in [3.8, 4) is 0 Å². The summed E-state index contributed by atoms with van der Waals surface area (Å²) in [6.07, 6.45) is 0.947. The van der Waals surface area contributed by atoms with Gasteiger partial charge in [0.15, 0.2) is 0 Å². The minimum absolute atomic E-state index is 0.159. The van der Waals surface area contributed by atoms with Crippen molar-refractivity contribution in [1.29, 1.82) is 0 Å². The van der Waals surface area contributed by atoms with Crippen LogP contribution in [0.15, 0.2) is 60.7 Å². The third kappa shape index (κ3) is 2.66. The van der Waals surface area contributed by atoms with Crippen LogP contribution in [-0.4, -0.2) is 30.4 Å². The van der Waals surface area contributed by atoms with E-state index in [1.807, 2.05) is 60.7 Å². The van der Waals surface area contributed by atoms with E-state index in [2.05, 4.69) is 11.8 Å². The first-order valence-electron chi connectivity index (χ1n) is 8.12. The highest BCUT2D eigenvalue weighted by molar-refractivity contribution is 5.91. The molecule has 1 aliphatic rings. The maximum Gasteiger partial charge on any atom is 0.232 e. The van der Waals surface area contributed by atoms with Gasteiger partial charge in [0.2, 0.25) is 5.91 Å². The van der Waals surface area contributed by atoms with Crippen molar-refractivity contribution in [1.82, 2.24) is 4.90 Å². The highest BCUT2D eigenvalue weighted by atomic mass is 16.1. The van der Waals surface area contributed by atoms with Crippen LogP contribution in [0.1, 0.15) is 17.5 Å². The van der Waals surface area contributed by atoms with Gasteiger partial charge in [0.05, 0.1) is 0 Å². The van der Waals surface area contributed by atoms with E-state index in [0.29, 0.717) is 0 Å². The van der Waals surface area contributed by atoms with Crippen LogP contribution in [0.25, 0.3) is 0 Å². The van der Waals surface area contributed by atoms with E-state index in [0.717, 1.165) is 37.2 Å². The molecule has 2 aromatic carbocycles. The van der Waals surface area contributed by atoms with E-state index in [4.69, 9.17) is 5.73 Å². The van der Waals surface area contributed by atoms with E-state index in [1.165, 1.54) is 0 Å². The number of nitrogens with two attached hydrogens (primary N) is 1. The first-order valence-corrected chi connectivity index (χ1v) is 8.12. The van der Waals surface area contributed by atoms with Gasteiger partial charge in [0.1, 0.15) is 5.41 Å². The summed E-state index contributed by atoms with van der Waals surface area (Å²) in [4.78, 5) is 15.1. The molecule has 1 aliphatic heterocycles. The SMILES string of the molecule is [CH2]CN1CC[C@@H](C(C(N)=O)(c2ccccc2)c2ccccc2)C1. The molecule has 0 saturated carbocycles. The molecule has 1 fully saturated rings. The quantitative estimate of drug-likeness (QED) is 0.923. The van der Waals surface area contributed by atoms with Gasteiger partial charge >= 0.3 is 0 Å². The van der Waals surface area contributed by atoms with Gasteiger partial charge in [0.25, 0.3) is 0 Å². The standard InChI is InChI=1S/C20H23N2O/c1-2-22-14-13-18(15-22)20(19(21)23,16-9-5-3-6-10-16)17-11-7-4-8-12-17/h3-12,18H,1-2,13-15H2,(H2,21,23)/t18-/m1/s1. The second-order valence-corrected chi connectivity index (χ2v) is 6.19. The summed E-state index contributed by atoms with van der Waals surface area (Å²) in [5.41, 5.74) is 7.21. The Balaban J connectivity index is 2.18. The van der Waals surface area contributed by atoms with Crippen LogP contribution in [-0.2, 0) is 10.2 Å². The monoisotopic (exact) mass is 307 g/mol. The fraction of sp³-hybridized carbons (Fsp3) is 0.300. The largest absolute Gasteiger partial charge is 0.369 e. The molecule has 23 heavy (non-hydrogen) atoms. The van der Waals surface area contributed by atoms with Crippen LogP contribution in [0.2, 0.25) is 0 Å². The number of benzene rings is 2. The smallest absolute Gasteiger partial charge is 0.232 e. The first kappa shape index (κ1) is 15.8. The zero-order valence-electron chi connectivity index (χ0n) is 13.3. The van der Waals surface area contributed by atoms with Crippen molar-refractivity contribution in [2.45, 2.75) is 11.8 Å². The number of carbonyl (C=O) groups is 1. The Morgan fingerprint density at radius 1 is 1.09 bits per heavy atom. The first-order chi connectivity index (χ1) is 11.2. The van der Waals surface area contributed by atoms with Gasteiger partial charge in [-0.3, -0.25) is 4.79 Å². The average Bonchev–Trinajstić information content (AvgIpc) is 3.06. The van der Waals surface area contributed by atoms with Crippen molar-refractivity contribution in [2.24, 2.45) is 11.7 Å². The van der Waals surface area contributed by atoms with Crippen LogP contribution in [0, 0.1) is 12.8 Å². The number of primary amides is 1. The average molecular weight is 307 g/mol. The fourth-order valence-electron chi connectivity index (χ4n) is 3.92. The van der Waals surface area contributed by atoms with Gasteiger partial charge in [-0.1, -0.05) is 60.7 Å². The van der Waals surface area contributed by atoms with E-state index in [9.17, 15) is 4.79 Å². The van der Waals surface area contributed by atoms with E-state index in [-0.39, 0.29) is 11.8 Å². The maximum atomic E-state index is 12.8. The van der Waals surface area contributed by atoms with Crippen molar-refractivity contribution < 1.29 is 4.79 Å². The molecule has 1 saturated heterocycles. The van der Waals surface area contributed by atoms with Crippen molar-refractivity contribution in [2.75, 3.05) is 19.6 Å². The van der Waals surface area contributed by atoms with Crippen molar-refractivity contribution in [3.63, 3.8) is 0 Å². The van der Waals surface area contributed by atoms with Crippen LogP contribution in [0.5, 0.6) is 0 Å². The number of hydrogen-bond donors (Lipinski definition) is 1. The van der Waals surface area contributed by atoms with Crippen LogP contribution >= 0.6 is 0 Å². The Labute approximate surface area is 138 Å². The maximum absolute atomic E-state index is 12.8. The Hall–Kier alpha value is -2.13. The second-order valence-electron chi connectivity index (χ2n) is 6.19. The topological polar surface area (TPSA) is 46.3 Å². The molecule has 2 N–H and O–H groups in total. The molecule has 119 valence electrons. The Bertz CT molecular complexity index is 614. The predicted molar refractivity (Wildman–Crippen MR) is 92.8 cm³/mol. The Morgan fingerprint density at radius 3 is 2.00 bits per heavy atom. The molecule has 0 aliphatic carbocycles. The van der Waals surface area contributed by atoms with Gasteiger partial charge in [-0.05, 0) is 43.5 Å². The lowest BCUT2D eigenvalue weighted by Gasteiger charge is -2.37. The van der Waals surface area contributed by atoms with E-state index >= 15 is 0 Å². The Kier molecular flexibility index (Phi) is 4.49. The number of likely N-dealkylation sites (tertiary alicyclic amines) is 1. The van der Waals surface area contributed by atoms with Crippen LogP contribution < -0.4 is 5.73 Å². The molecule has 1 amide bonds. The molecule has 0 unspecified atom stereocenters. The van der Waals surface area contributed by atoms with Gasteiger partial charge < -0.3 is 10.6 Å². The molecule has 0 bridgehead atoms. The molecule has 3 rings (SSSR count). The van der Waals surface area contributed by atoms with Crippen molar-refractivity contribution >= 4 is 5.91 Å². The second kappa shape index (κ2) is 6.55. The van der Waals surface area contributed by atoms with Crippen molar-refractivity contribution in [3.05, 3.63) is 78.7 Å². The number of rotatable bonds is 5. The molecule has 3 nitrogen and oxygen atoms in total. The number of nitrogens with zero attached hydrogens (tertiary/aromatic N) is 1. The van der Waals surface area contributed by atoms with Gasteiger partial charge in [-0.25, -0.2) is 0 Å². The van der Waals surface area contributed by atoms with Gasteiger partial charge in [-0.15, -0.1) is 0 Å². The fourth-order valence-corrected chi connectivity index (χ4v) is 3.92. The number of hydrogen-bond acceptors (Lipinski definition) is 2. The zero-order valence-corrected chi connectivity index (χ0v) is 13.3. The Morgan fingerprint density at radius 2 is 1.61 bits per heavy atom. The lowest BCUT2D eigenvalue weighted by Crippen LogP contribution is -2.49. The van der Waals surface area contributed by atoms with Gasteiger partial charge in [-0.2, -0.15) is 0 Å². The molecule has 3 heteroatoms. The molecular formula is C20H23N2O. The molecule has 1 heterocycles. The number of carbonyl (C=O) groups excluding carboxylic acids is 1. The van der Waals surface area contributed by atoms with E-state index in [1.54, 1.807) is 0 Å². The summed E-state index contributed by atoms with van der Waals surface area (Å²) in [6.45, 7) is 6.55. The summed E-state index contributed by atoms with van der Waals surface area (Å²) in [5.74, 6) is -0.114. The third-order valence-corrected chi connectivity index (χ3v) is 5.05. The third-order valence-electron chi connectivity index (χ3n) is 5.05. The lowest BCUT2D eigenvalue weighted by atomic mass is 9.64. The summed E-state index contributed by atoms with van der Waals surface area (Å²) < 4.78 is 0. The van der Waals surface area contributed by atoms with E-state index < -0.39 is 5.41 Å². The zero-order chi connectivity index (χ0) is 16.3. The normalized spacial score (nSPS) is 18.9. The van der Waals surface area contributed by atoms with Gasteiger partial charge in [0, 0.05) is 6.54 Å². The molecule has 1 radical (unpaired) electrons. The van der Waals surface area contributed by atoms with Crippen LogP contribution in [0.4, 0.5) is 0 Å². The summed E-state index contributed by atoms with van der Waals surface area (Å²) in [5, 5.41) is 0. The summed E-state index contributed by atoms with van der Waals surface area (Å²) >= 11 is 0. The highest BCUT2D eigenvalue weighted by Gasteiger charge is 2.49. The molecule has 2 aromatic rings. The molecular weight excluding hydrogens is 284 g/mol. The summed E-state index contributed by atoms with van der Waals surface area (Å²) in [7, 11) is 0. The minimum atomic E-state index is -0.785. The number of amides is 1. The molecule has 1 atom stereocenters. The summed E-state index contributed by atoms with van der Waals surface area (Å²) in [6, 6.07) is 19.9. The highest BCUT2D eigenvalue weighted by Crippen LogP contribution is 2.43. The lowest BCUT2D eigenvalue weighted by molar-refractivity contribution is -0.123. The van der Waals surface area contributed by atoms with Crippen LogP contribution in [0.3, 0.4) is 0 Å². The molecule has 0 spiro atoms.